The maximum absolute atomic E-state index is 12.3. The third kappa shape index (κ3) is 3.80. The Morgan fingerprint density at radius 3 is 2.85 bits per heavy atom. The van der Waals surface area contributed by atoms with E-state index in [0.29, 0.717) is 12.5 Å². The summed E-state index contributed by atoms with van der Waals surface area (Å²) in [5.41, 5.74) is 0. The van der Waals surface area contributed by atoms with Crippen LogP contribution in [0.3, 0.4) is 0 Å². The molecule has 1 aliphatic rings. The van der Waals surface area contributed by atoms with Crippen LogP contribution in [0.15, 0.2) is 17.3 Å². The number of hydrogen-bond donors (Lipinski definition) is 2. The van der Waals surface area contributed by atoms with Crippen LogP contribution >= 0.6 is 0 Å². The lowest BCUT2D eigenvalue weighted by Gasteiger charge is -2.31. The zero-order valence-electron chi connectivity index (χ0n) is 12.2. The molecule has 7 heteroatoms. The minimum atomic E-state index is -3.44. The van der Waals surface area contributed by atoms with E-state index in [1.807, 2.05) is 13.8 Å². The van der Waals surface area contributed by atoms with Crippen molar-refractivity contribution in [3.8, 4) is 0 Å². The molecule has 1 aromatic heterocycles. The van der Waals surface area contributed by atoms with Crippen molar-refractivity contribution < 1.29 is 8.42 Å². The molecule has 1 heterocycles. The van der Waals surface area contributed by atoms with Gasteiger partial charge in [0.05, 0.1) is 12.7 Å². The fourth-order valence-electron chi connectivity index (χ4n) is 2.32. The second kappa shape index (κ2) is 6.69. The standard InChI is InChI=1S/C13H24N4O2S/c1-3-14-7-8-17-10-13(9-15-17)20(18,19)16-11(2)12-5-4-6-12/h9-12,14,16H,3-8H2,1-2H3. The summed E-state index contributed by atoms with van der Waals surface area (Å²) < 4.78 is 28.9. The Balaban J connectivity index is 1.94. The van der Waals surface area contributed by atoms with Gasteiger partial charge in [-0.2, -0.15) is 5.10 Å². The van der Waals surface area contributed by atoms with Crippen LogP contribution in [0, 0.1) is 5.92 Å². The molecule has 0 amide bonds. The van der Waals surface area contributed by atoms with Gasteiger partial charge in [0.1, 0.15) is 4.90 Å². The molecule has 0 radical (unpaired) electrons. The molecule has 0 bridgehead atoms. The molecule has 0 saturated heterocycles. The van der Waals surface area contributed by atoms with E-state index in [1.165, 1.54) is 12.6 Å². The summed E-state index contributed by atoms with van der Waals surface area (Å²) in [6.45, 7) is 6.32. The van der Waals surface area contributed by atoms with Gasteiger partial charge in [-0.25, -0.2) is 13.1 Å². The van der Waals surface area contributed by atoms with E-state index in [9.17, 15) is 8.42 Å². The van der Waals surface area contributed by atoms with Gasteiger partial charge in [-0.1, -0.05) is 13.3 Å². The van der Waals surface area contributed by atoms with E-state index in [1.54, 1.807) is 10.9 Å². The van der Waals surface area contributed by atoms with Crippen molar-refractivity contribution in [1.82, 2.24) is 19.8 Å². The van der Waals surface area contributed by atoms with Crippen LogP contribution in [0.1, 0.15) is 33.1 Å². The quantitative estimate of drug-likeness (QED) is 0.701. The average molecular weight is 300 g/mol. The van der Waals surface area contributed by atoms with Crippen molar-refractivity contribution in [2.75, 3.05) is 13.1 Å². The Morgan fingerprint density at radius 1 is 1.50 bits per heavy atom. The van der Waals surface area contributed by atoms with Crippen LogP contribution in [-0.2, 0) is 16.6 Å². The van der Waals surface area contributed by atoms with Crippen LogP contribution in [-0.4, -0.2) is 37.3 Å². The van der Waals surface area contributed by atoms with Gasteiger partial charge in [0.25, 0.3) is 0 Å². The van der Waals surface area contributed by atoms with Crippen molar-refractivity contribution in [2.24, 2.45) is 5.92 Å². The first kappa shape index (κ1) is 15.5. The molecule has 2 rings (SSSR count). The van der Waals surface area contributed by atoms with Gasteiger partial charge in [0.15, 0.2) is 0 Å². The molecule has 1 aromatic rings. The monoisotopic (exact) mass is 300 g/mol. The summed E-state index contributed by atoms with van der Waals surface area (Å²) in [5.74, 6) is 0.480. The molecule has 1 fully saturated rings. The Labute approximate surface area is 121 Å². The molecule has 20 heavy (non-hydrogen) atoms. The van der Waals surface area contributed by atoms with Gasteiger partial charge in [-0.3, -0.25) is 4.68 Å². The second-order valence-corrected chi connectivity index (χ2v) is 7.11. The SMILES string of the molecule is CCNCCn1cc(S(=O)(=O)NC(C)C2CCC2)cn1. The third-order valence-electron chi connectivity index (χ3n) is 3.89. The van der Waals surface area contributed by atoms with E-state index >= 15 is 0 Å². The Bertz CT molecular complexity index is 522. The number of sulfonamides is 1. The lowest BCUT2D eigenvalue weighted by molar-refractivity contribution is 0.260. The summed E-state index contributed by atoms with van der Waals surface area (Å²) in [4.78, 5) is 0.250. The van der Waals surface area contributed by atoms with E-state index in [0.717, 1.165) is 25.9 Å². The number of rotatable bonds is 8. The van der Waals surface area contributed by atoms with E-state index < -0.39 is 10.0 Å². The lowest BCUT2D eigenvalue weighted by atomic mass is 9.81. The molecule has 0 aliphatic heterocycles. The van der Waals surface area contributed by atoms with Gasteiger partial charge in [-0.15, -0.1) is 0 Å². The predicted molar refractivity (Wildman–Crippen MR) is 77.9 cm³/mol. The molecular weight excluding hydrogens is 276 g/mol. The summed E-state index contributed by atoms with van der Waals surface area (Å²) in [6, 6.07) is -0.00106. The normalized spacial score (nSPS) is 17.9. The molecule has 0 aromatic carbocycles. The highest BCUT2D eigenvalue weighted by atomic mass is 32.2. The fraction of sp³-hybridized carbons (Fsp3) is 0.769. The highest BCUT2D eigenvalue weighted by molar-refractivity contribution is 7.89. The Kier molecular flexibility index (Phi) is 5.17. The zero-order valence-corrected chi connectivity index (χ0v) is 13.0. The molecule has 1 unspecified atom stereocenters. The lowest BCUT2D eigenvalue weighted by Crippen LogP contribution is -2.40. The fourth-order valence-corrected chi connectivity index (χ4v) is 3.59. The molecule has 2 N–H and O–H groups in total. The first-order chi connectivity index (χ1) is 9.53. The van der Waals surface area contributed by atoms with Gasteiger partial charge >= 0.3 is 0 Å². The zero-order chi connectivity index (χ0) is 14.6. The van der Waals surface area contributed by atoms with Crippen molar-refractivity contribution in [2.45, 2.75) is 50.6 Å². The van der Waals surface area contributed by atoms with E-state index in [4.69, 9.17) is 0 Å². The summed E-state index contributed by atoms with van der Waals surface area (Å²) in [7, 11) is -3.44. The van der Waals surface area contributed by atoms with Crippen LogP contribution < -0.4 is 10.0 Å². The van der Waals surface area contributed by atoms with Gasteiger partial charge in [-0.05, 0) is 32.2 Å². The van der Waals surface area contributed by atoms with Crippen LogP contribution in [0.4, 0.5) is 0 Å². The number of nitrogens with zero attached hydrogens (tertiary/aromatic N) is 2. The van der Waals surface area contributed by atoms with Gasteiger partial charge in [0.2, 0.25) is 10.0 Å². The van der Waals surface area contributed by atoms with Gasteiger partial charge in [0, 0.05) is 18.8 Å². The average Bonchev–Trinajstić information content (AvgIpc) is 2.75. The Hall–Kier alpha value is -0.920. The smallest absolute Gasteiger partial charge is 0.243 e. The van der Waals surface area contributed by atoms with Crippen LogP contribution in [0.25, 0.3) is 0 Å². The predicted octanol–water partition coefficient (Wildman–Crippen LogP) is 0.960. The topological polar surface area (TPSA) is 76.0 Å². The first-order valence-electron chi connectivity index (χ1n) is 7.28. The molecule has 1 aliphatic carbocycles. The summed E-state index contributed by atoms with van der Waals surface area (Å²) in [6.07, 6.45) is 6.45. The van der Waals surface area contributed by atoms with E-state index in [2.05, 4.69) is 15.1 Å². The maximum Gasteiger partial charge on any atom is 0.243 e. The number of nitrogens with one attached hydrogen (secondary N) is 2. The number of hydrogen-bond acceptors (Lipinski definition) is 4. The van der Waals surface area contributed by atoms with Gasteiger partial charge < -0.3 is 5.32 Å². The van der Waals surface area contributed by atoms with Crippen molar-refractivity contribution >= 4 is 10.0 Å². The molecular formula is C13H24N4O2S. The van der Waals surface area contributed by atoms with Crippen LogP contribution in [0.5, 0.6) is 0 Å². The molecule has 0 spiro atoms. The molecule has 1 atom stereocenters. The second-order valence-electron chi connectivity index (χ2n) is 5.39. The van der Waals surface area contributed by atoms with E-state index in [-0.39, 0.29) is 10.9 Å². The molecule has 6 nitrogen and oxygen atoms in total. The van der Waals surface area contributed by atoms with Crippen molar-refractivity contribution in [3.63, 3.8) is 0 Å². The number of likely N-dealkylation sites (N-methyl/N-ethyl adjacent to an activating group) is 1. The van der Waals surface area contributed by atoms with Crippen molar-refractivity contribution in [3.05, 3.63) is 12.4 Å². The minimum Gasteiger partial charge on any atom is -0.315 e. The largest absolute Gasteiger partial charge is 0.315 e. The summed E-state index contributed by atoms with van der Waals surface area (Å²) in [5, 5.41) is 7.28. The highest BCUT2D eigenvalue weighted by Crippen LogP contribution is 2.30. The van der Waals surface area contributed by atoms with Crippen LogP contribution in [0.2, 0.25) is 0 Å². The molecule has 114 valence electrons. The first-order valence-corrected chi connectivity index (χ1v) is 8.76. The summed E-state index contributed by atoms with van der Waals surface area (Å²) >= 11 is 0. The highest BCUT2D eigenvalue weighted by Gasteiger charge is 2.28. The van der Waals surface area contributed by atoms with Crippen molar-refractivity contribution in [1.29, 1.82) is 0 Å². The maximum atomic E-state index is 12.3. The number of aromatic nitrogens is 2. The Morgan fingerprint density at radius 2 is 2.25 bits per heavy atom. The third-order valence-corrected chi connectivity index (χ3v) is 5.40. The molecule has 1 saturated carbocycles. The minimum absolute atomic E-state index is 0.00106.